The summed E-state index contributed by atoms with van der Waals surface area (Å²) in [5.41, 5.74) is 2.43. The maximum atomic E-state index is 6.30. The van der Waals surface area contributed by atoms with Gasteiger partial charge in [-0.05, 0) is 48.4 Å². The van der Waals surface area contributed by atoms with E-state index in [0.29, 0.717) is 15.8 Å². The van der Waals surface area contributed by atoms with E-state index in [1.54, 1.807) is 18.1 Å². The smallest absolute Gasteiger partial charge is 0.128 e. The molecule has 4 rings (SSSR count). The Morgan fingerprint density at radius 1 is 1.25 bits per heavy atom. The Hall–Kier alpha value is -0.810. The van der Waals surface area contributed by atoms with Crippen LogP contribution in [0.5, 0.6) is 0 Å². The van der Waals surface area contributed by atoms with Crippen LogP contribution in [0, 0.1) is 5.92 Å². The number of thioether (sulfide) groups is 1. The lowest BCUT2D eigenvalue weighted by atomic mass is 9.89. The van der Waals surface area contributed by atoms with E-state index in [1.165, 1.54) is 22.2 Å². The van der Waals surface area contributed by atoms with Crippen LogP contribution >= 0.6 is 46.3 Å². The molecule has 2 aromatic heterocycles. The molecule has 24 heavy (non-hydrogen) atoms. The number of benzene rings is 1. The van der Waals surface area contributed by atoms with Gasteiger partial charge in [0.15, 0.2) is 0 Å². The van der Waals surface area contributed by atoms with Gasteiger partial charge in [0, 0.05) is 26.1 Å². The van der Waals surface area contributed by atoms with Crippen molar-refractivity contribution in [1.29, 1.82) is 0 Å². The van der Waals surface area contributed by atoms with Crippen molar-refractivity contribution < 1.29 is 0 Å². The first-order valence-corrected chi connectivity index (χ1v) is 10.5. The molecule has 0 amide bonds. The van der Waals surface area contributed by atoms with E-state index in [9.17, 15) is 0 Å². The van der Waals surface area contributed by atoms with Gasteiger partial charge in [-0.3, -0.25) is 0 Å². The SMILES string of the molecule is C[C@@H]1CCc2c(sc3ncnc(SCc4c(Cl)cccc4Cl)c23)C1. The van der Waals surface area contributed by atoms with Crippen LogP contribution in [-0.4, -0.2) is 9.97 Å². The second-order valence-corrected chi connectivity index (χ2v) is 9.06. The molecule has 0 aliphatic heterocycles. The second kappa shape index (κ2) is 6.83. The van der Waals surface area contributed by atoms with Crippen LogP contribution in [0.4, 0.5) is 0 Å². The first kappa shape index (κ1) is 16.6. The monoisotopic (exact) mass is 394 g/mol. The lowest BCUT2D eigenvalue weighted by molar-refractivity contribution is 0.509. The number of rotatable bonds is 3. The molecular formula is C18H16Cl2N2S2. The van der Waals surface area contributed by atoms with Crippen molar-refractivity contribution in [1.82, 2.24) is 9.97 Å². The van der Waals surface area contributed by atoms with Gasteiger partial charge in [0.2, 0.25) is 0 Å². The third-order valence-corrected chi connectivity index (χ3v) is 7.36. The Kier molecular flexibility index (Phi) is 4.74. The number of halogens is 2. The van der Waals surface area contributed by atoms with Crippen molar-refractivity contribution in [3.63, 3.8) is 0 Å². The number of thiophene rings is 1. The van der Waals surface area contributed by atoms with Gasteiger partial charge >= 0.3 is 0 Å². The minimum absolute atomic E-state index is 0.710. The molecule has 3 aromatic rings. The molecule has 2 heterocycles. The molecule has 0 N–H and O–H groups in total. The number of hydrogen-bond acceptors (Lipinski definition) is 4. The summed E-state index contributed by atoms with van der Waals surface area (Å²) >= 11 is 16.1. The molecule has 1 aliphatic rings. The summed E-state index contributed by atoms with van der Waals surface area (Å²) in [5.74, 6) is 1.47. The van der Waals surface area contributed by atoms with E-state index in [-0.39, 0.29) is 0 Å². The largest absolute Gasteiger partial charge is 0.229 e. The van der Waals surface area contributed by atoms with E-state index in [1.807, 2.05) is 29.5 Å². The Bertz CT molecular complexity index is 887. The second-order valence-electron chi connectivity index (χ2n) is 6.20. The maximum Gasteiger partial charge on any atom is 0.128 e. The first-order valence-electron chi connectivity index (χ1n) is 7.94. The molecule has 0 spiro atoms. The van der Waals surface area contributed by atoms with Gasteiger partial charge in [0.1, 0.15) is 16.2 Å². The van der Waals surface area contributed by atoms with Gasteiger partial charge in [-0.25, -0.2) is 9.97 Å². The van der Waals surface area contributed by atoms with Crippen LogP contribution in [0.3, 0.4) is 0 Å². The molecule has 0 unspecified atom stereocenters. The molecular weight excluding hydrogens is 379 g/mol. The molecule has 0 radical (unpaired) electrons. The normalized spacial score (nSPS) is 17.2. The fourth-order valence-electron chi connectivity index (χ4n) is 3.17. The van der Waals surface area contributed by atoms with E-state index in [2.05, 4.69) is 16.9 Å². The molecule has 2 nitrogen and oxygen atoms in total. The Morgan fingerprint density at radius 3 is 2.83 bits per heavy atom. The van der Waals surface area contributed by atoms with Crippen molar-refractivity contribution in [2.45, 2.75) is 37.0 Å². The van der Waals surface area contributed by atoms with Gasteiger partial charge in [-0.1, -0.05) is 36.2 Å². The summed E-state index contributed by atoms with van der Waals surface area (Å²) in [4.78, 5) is 11.7. The minimum atomic E-state index is 0.710. The number of aromatic nitrogens is 2. The van der Waals surface area contributed by atoms with Crippen LogP contribution in [0.25, 0.3) is 10.2 Å². The quantitative estimate of drug-likeness (QED) is 0.378. The predicted octanol–water partition coefficient (Wildman–Crippen LogP) is 6.42. The van der Waals surface area contributed by atoms with Crippen LogP contribution in [0.15, 0.2) is 29.6 Å². The number of aryl methyl sites for hydroxylation is 1. The fraction of sp³-hybridized carbons (Fsp3) is 0.333. The highest BCUT2D eigenvalue weighted by molar-refractivity contribution is 7.98. The molecule has 124 valence electrons. The third-order valence-electron chi connectivity index (χ3n) is 4.47. The lowest BCUT2D eigenvalue weighted by Crippen LogP contribution is -2.08. The minimum Gasteiger partial charge on any atom is -0.229 e. The van der Waals surface area contributed by atoms with E-state index < -0.39 is 0 Å². The highest BCUT2D eigenvalue weighted by Crippen LogP contribution is 2.41. The molecule has 1 aromatic carbocycles. The predicted molar refractivity (Wildman–Crippen MR) is 105 cm³/mol. The number of nitrogens with zero attached hydrogens (tertiary/aromatic N) is 2. The number of hydrogen-bond donors (Lipinski definition) is 0. The standard InChI is InChI=1S/C18H16Cl2N2S2/c1-10-5-6-11-15(7-10)24-18-16(11)17(21-9-22-18)23-8-12-13(19)3-2-4-14(12)20/h2-4,9-10H,5-8H2,1H3/t10-/m1/s1. The first-order chi connectivity index (χ1) is 11.6. The average Bonchev–Trinajstić information content (AvgIpc) is 2.92. The molecule has 1 atom stereocenters. The zero-order valence-corrected chi connectivity index (χ0v) is 16.3. The molecule has 0 fully saturated rings. The molecule has 6 heteroatoms. The van der Waals surface area contributed by atoms with Gasteiger partial charge < -0.3 is 0 Å². The summed E-state index contributed by atoms with van der Waals surface area (Å²) in [5, 5.41) is 3.71. The van der Waals surface area contributed by atoms with Crippen molar-refractivity contribution in [2.75, 3.05) is 0 Å². The highest BCUT2D eigenvalue weighted by atomic mass is 35.5. The van der Waals surface area contributed by atoms with Gasteiger partial charge in [-0.2, -0.15) is 0 Å². The molecule has 0 saturated carbocycles. The lowest BCUT2D eigenvalue weighted by Gasteiger charge is -2.18. The third kappa shape index (κ3) is 3.05. The molecule has 1 aliphatic carbocycles. The van der Waals surface area contributed by atoms with Crippen molar-refractivity contribution >= 4 is 56.5 Å². The fourth-order valence-corrected chi connectivity index (χ4v) is 6.35. The topological polar surface area (TPSA) is 25.8 Å². The van der Waals surface area contributed by atoms with Crippen LogP contribution in [0.1, 0.15) is 29.3 Å². The number of fused-ring (bicyclic) bond motifs is 3. The Morgan fingerprint density at radius 2 is 2.04 bits per heavy atom. The highest BCUT2D eigenvalue weighted by Gasteiger charge is 2.23. The summed E-state index contributed by atoms with van der Waals surface area (Å²) in [6, 6.07) is 5.64. The maximum absolute atomic E-state index is 6.30. The summed E-state index contributed by atoms with van der Waals surface area (Å²) < 4.78 is 0. The van der Waals surface area contributed by atoms with Gasteiger partial charge in [-0.15, -0.1) is 23.1 Å². The van der Waals surface area contributed by atoms with Crippen LogP contribution < -0.4 is 0 Å². The molecule has 0 saturated heterocycles. The van der Waals surface area contributed by atoms with Crippen molar-refractivity contribution in [2.24, 2.45) is 5.92 Å². The molecule has 0 bridgehead atoms. The van der Waals surface area contributed by atoms with E-state index >= 15 is 0 Å². The Labute approximate surface area is 159 Å². The van der Waals surface area contributed by atoms with Gasteiger partial charge in [0.25, 0.3) is 0 Å². The zero-order valence-electron chi connectivity index (χ0n) is 13.2. The zero-order chi connectivity index (χ0) is 16.7. The van der Waals surface area contributed by atoms with Crippen LogP contribution in [-0.2, 0) is 18.6 Å². The average molecular weight is 395 g/mol. The Balaban J connectivity index is 1.70. The van der Waals surface area contributed by atoms with E-state index in [4.69, 9.17) is 23.2 Å². The summed E-state index contributed by atoms with van der Waals surface area (Å²) in [6.07, 6.45) is 5.21. The van der Waals surface area contributed by atoms with E-state index in [0.717, 1.165) is 34.2 Å². The van der Waals surface area contributed by atoms with Crippen molar-refractivity contribution in [3.05, 3.63) is 50.6 Å². The van der Waals surface area contributed by atoms with Crippen molar-refractivity contribution in [3.8, 4) is 0 Å². The van der Waals surface area contributed by atoms with Crippen LogP contribution in [0.2, 0.25) is 10.0 Å². The summed E-state index contributed by atoms with van der Waals surface area (Å²) in [6.45, 7) is 2.33. The van der Waals surface area contributed by atoms with Gasteiger partial charge in [0.05, 0.1) is 0 Å². The summed E-state index contributed by atoms with van der Waals surface area (Å²) in [7, 11) is 0.